The Morgan fingerprint density at radius 2 is 2.07 bits per heavy atom. The predicted octanol–water partition coefficient (Wildman–Crippen LogP) is 3.62. The second-order valence-electron chi connectivity index (χ2n) is 7.67. The fourth-order valence-electron chi connectivity index (χ4n) is 2.96. The summed E-state index contributed by atoms with van der Waals surface area (Å²) in [7, 11) is 0. The zero-order valence-corrected chi connectivity index (χ0v) is 17.6. The number of nitrogens with one attached hydrogen (secondary N) is 2. The van der Waals surface area contributed by atoms with Crippen molar-refractivity contribution < 1.29 is 9.47 Å². The lowest BCUT2D eigenvalue weighted by Gasteiger charge is -2.24. The van der Waals surface area contributed by atoms with Crippen LogP contribution in [0.15, 0.2) is 29.3 Å². The first-order valence-electron chi connectivity index (χ1n) is 9.95. The van der Waals surface area contributed by atoms with Gasteiger partial charge in [-0.15, -0.1) is 0 Å². The minimum Gasteiger partial charge on any atom is -0.381 e. The largest absolute Gasteiger partial charge is 0.381 e. The van der Waals surface area contributed by atoms with E-state index in [4.69, 9.17) is 26.1 Å². The number of hydrogen-bond donors (Lipinski definition) is 2. The summed E-state index contributed by atoms with van der Waals surface area (Å²) < 4.78 is 11.1. The third-order valence-corrected chi connectivity index (χ3v) is 4.99. The quantitative estimate of drug-likeness (QED) is 0.361. The van der Waals surface area contributed by atoms with Crippen molar-refractivity contribution in [1.29, 1.82) is 0 Å². The van der Waals surface area contributed by atoms with Gasteiger partial charge in [-0.25, -0.2) is 0 Å². The molecule has 0 amide bonds. The van der Waals surface area contributed by atoms with Crippen molar-refractivity contribution in [2.75, 3.05) is 46.1 Å². The minimum atomic E-state index is -0.0561. The Labute approximate surface area is 168 Å². The van der Waals surface area contributed by atoms with Crippen molar-refractivity contribution in [2.24, 2.45) is 10.9 Å². The molecule has 0 saturated carbocycles. The Hall–Kier alpha value is -1.30. The van der Waals surface area contributed by atoms with Gasteiger partial charge in [-0.2, -0.15) is 0 Å². The number of aliphatic imine (C=N–C) groups is 1. The van der Waals surface area contributed by atoms with E-state index in [1.807, 2.05) is 12.1 Å². The van der Waals surface area contributed by atoms with E-state index in [2.05, 4.69) is 43.5 Å². The van der Waals surface area contributed by atoms with Gasteiger partial charge in [0.1, 0.15) is 0 Å². The maximum Gasteiger partial charge on any atom is 0.191 e. The lowest BCUT2D eigenvalue weighted by molar-refractivity contribution is 0.0888. The molecule has 0 bridgehead atoms. The van der Waals surface area contributed by atoms with Gasteiger partial charge in [0.25, 0.3) is 0 Å². The van der Waals surface area contributed by atoms with Crippen LogP contribution in [0.3, 0.4) is 0 Å². The molecule has 2 N–H and O–H groups in total. The van der Waals surface area contributed by atoms with Crippen LogP contribution < -0.4 is 10.6 Å². The third kappa shape index (κ3) is 8.08. The van der Waals surface area contributed by atoms with Gasteiger partial charge in [-0.3, -0.25) is 4.99 Å². The predicted molar refractivity (Wildman–Crippen MR) is 113 cm³/mol. The summed E-state index contributed by atoms with van der Waals surface area (Å²) in [4.78, 5) is 4.77. The van der Waals surface area contributed by atoms with Gasteiger partial charge in [0.05, 0.1) is 19.8 Å². The van der Waals surface area contributed by atoms with E-state index in [1.54, 1.807) is 0 Å². The number of halogens is 1. The molecule has 1 atom stereocenters. The van der Waals surface area contributed by atoms with Crippen molar-refractivity contribution in [3.05, 3.63) is 34.9 Å². The van der Waals surface area contributed by atoms with Crippen LogP contribution >= 0.6 is 11.6 Å². The molecule has 1 unspecified atom stereocenters. The zero-order chi connectivity index (χ0) is 19.5. The Morgan fingerprint density at radius 1 is 1.30 bits per heavy atom. The molecule has 1 fully saturated rings. The third-order valence-electron chi connectivity index (χ3n) is 4.74. The number of hydrogen-bond acceptors (Lipinski definition) is 3. The first-order chi connectivity index (χ1) is 13.0. The number of guanidine groups is 1. The fourth-order valence-corrected chi connectivity index (χ4v) is 3.08. The molecular weight excluding hydrogens is 362 g/mol. The first kappa shape index (κ1) is 22.0. The van der Waals surface area contributed by atoms with Crippen molar-refractivity contribution in [3.63, 3.8) is 0 Å². The van der Waals surface area contributed by atoms with Gasteiger partial charge in [-0.05, 0) is 37.5 Å². The molecule has 6 heteroatoms. The van der Waals surface area contributed by atoms with Gasteiger partial charge < -0.3 is 20.1 Å². The molecule has 1 aromatic carbocycles. The average molecular weight is 396 g/mol. The van der Waals surface area contributed by atoms with Crippen molar-refractivity contribution in [2.45, 2.75) is 39.0 Å². The van der Waals surface area contributed by atoms with Crippen LogP contribution in [0.4, 0.5) is 0 Å². The molecule has 1 aliphatic heterocycles. The van der Waals surface area contributed by atoms with Gasteiger partial charge in [-0.1, -0.05) is 37.6 Å². The Bertz CT molecular complexity index is 569. The molecule has 1 aromatic rings. The van der Waals surface area contributed by atoms with E-state index in [0.717, 1.165) is 63.3 Å². The summed E-state index contributed by atoms with van der Waals surface area (Å²) in [6.45, 7) is 12.1. The molecule has 1 aliphatic rings. The van der Waals surface area contributed by atoms with Crippen molar-refractivity contribution in [3.8, 4) is 0 Å². The molecule has 0 aliphatic carbocycles. The smallest absolute Gasteiger partial charge is 0.191 e. The van der Waals surface area contributed by atoms with Crippen LogP contribution in [0, 0.1) is 5.92 Å². The maximum absolute atomic E-state index is 6.00. The molecular formula is C21H34ClN3O2. The summed E-state index contributed by atoms with van der Waals surface area (Å²) in [6, 6.07) is 8.02. The molecule has 0 aromatic heterocycles. The van der Waals surface area contributed by atoms with Crippen LogP contribution in [-0.2, 0) is 14.9 Å². The molecule has 27 heavy (non-hydrogen) atoms. The number of ether oxygens (including phenoxy) is 2. The second-order valence-corrected chi connectivity index (χ2v) is 8.11. The van der Waals surface area contributed by atoms with E-state index in [9.17, 15) is 0 Å². The lowest BCUT2D eigenvalue weighted by Crippen LogP contribution is -2.39. The Morgan fingerprint density at radius 3 is 2.74 bits per heavy atom. The van der Waals surface area contributed by atoms with E-state index >= 15 is 0 Å². The van der Waals surface area contributed by atoms with E-state index in [-0.39, 0.29) is 5.41 Å². The number of benzene rings is 1. The normalized spacial score (nSPS) is 17.9. The highest BCUT2D eigenvalue weighted by Crippen LogP contribution is 2.24. The zero-order valence-electron chi connectivity index (χ0n) is 16.9. The Balaban J connectivity index is 1.73. The summed E-state index contributed by atoms with van der Waals surface area (Å²) in [5, 5.41) is 7.47. The highest BCUT2D eigenvalue weighted by atomic mass is 35.5. The topological polar surface area (TPSA) is 54.9 Å². The molecule has 152 valence electrons. The highest BCUT2D eigenvalue weighted by molar-refractivity contribution is 6.30. The second kappa shape index (κ2) is 11.5. The number of rotatable bonds is 10. The summed E-state index contributed by atoms with van der Waals surface area (Å²) >= 11 is 6.00. The molecule has 0 radical (unpaired) electrons. The molecule has 1 saturated heterocycles. The van der Waals surface area contributed by atoms with Crippen molar-refractivity contribution in [1.82, 2.24) is 10.6 Å². The fraction of sp³-hybridized carbons (Fsp3) is 0.667. The lowest BCUT2D eigenvalue weighted by atomic mass is 9.85. The van der Waals surface area contributed by atoms with E-state index in [1.165, 1.54) is 5.56 Å². The standard InChI is InChI=1S/C21H34ClN3O2/c1-4-23-20(24-11-5-12-26-14-17-10-13-27-15-17)25-16-21(2,3)18-6-8-19(22)9-7-18/h6-9,17H,4-5,10-16H2,1-3H3,(H2,23,24,25). The van der Waals surface area contributed by atoms with Crippen molar-refractivity contribution >= 4 is 17.6 Å². The number of nitrogens with zero attached hydrogens (tertiary/aromatic N) is 1. The van der Waals surface area contributed by atoms with Crippen LogP contribution in [0.2, 0.25) is 5.02 Å². The van der Waals surface area contributed by atoms with Gasteiger partial charge >= 0.3 is 0 Å². The van der Waals surface area contributed by atoms with Crippen LogP contribution in [0.25, 0.3) is 0 Å². The highest BCUT2D eigenvalue weighted by Gasteiger charge is 2.20. The molecule has 0 spiro atoms. The monoisotopic (exact) mass is 395 g/mol. The van der Waals surface area contributed by atoms with Gasteiger partial charge in [0.2, 0.25) is 0 Å². The van der Waals surface area contributed by atoms with Crippen LogP contribution in [0.5, 0.6) is 0 Å². The molecule has 5 nitrogen and oxygen atoms in total. The van der Waals surface area contributed by atoms with Gasteiger partial charge in [0.15, 0.2) is 5.96 Å². The average Bonchev–Trinajstić information content (AvgIpc) is 3.16. The van der Waals surface area contributed by atoms with E-state index in [0.29, 0.717) is 12.5 Å². The van der Waals surface area contributed by atoms with Crippen LogP contribution in [-0.4, -0.2) is 52.0 Å². The maximum atomic E-state index is 6.00. The van der Waals surface area contributed by atoms with E-state index < -0.39 is 0 Å². The summed E-state index contributed by atoms with van der Waals surface area (Å²) in [5.74, 6) is 1.43. The Kier molecular flexibility index (Phi) is 9.39. The SMILES string of the molecule is CCNC(=NCC(C)(C)c1ccc(Cl)cc1)NCCCOCC1CCOC1. The minimum absolute atomic E-state index is 0.0561. The van der Waals surface area contributed by atoms with Crippen LogP contribution in [0.1, 0.15) is 39.2 Å². The summed E-state index contributed by atoms with van der Waals surface area (Å²) in [5.41, 5.74) is 1.18. The van der Waals surface area contributed by atoms with Gasteiger partial charge in [0, 0.05) is 42.7 Å². The molecule has 2 rings (SSSR count). The summed E-state index contributed by atoms with van der Waals surface area (Å²) in [6.07, 6.45) is 2.08. The first-order valence-corrected chi connectivity index (χ1v) is 10.3. The molecule has 1 heterocycles.